The van der Waals surface area contributed by atoms with Crippen molar-refractivity contribution >= 4 is 16.6 Å². The van der Waals surface area contributed by atoms with Gasteiger partial charge in [-0.25, -0.2) is 14.5 Å². The van der Waals surface area contributed by atoms with Gasteiger partial charge in [-0.1, -0.05) is 41.5 Å². The summed E-state index contributed by atoms with van der Waals surface area (Å²) in [5.41, 5.74) is 0.421. The highest BCUT2D eigenvalue weighted by atomic mass is 28.4. The first-order valence-electron chi connectivity index (χ1n) is 12.3. The number of ether oxygens (including phenoxy) is 1. The van der Waals surface area contributed by atoms with Gasteiger partial charge in [-0.05, 0) is 43.2 Å². The lowest BCUT2D eigenvalue weighted by atomic mass is 10.2. The summed E-state index contributed by atoms with van der Waals surface area (Å²) in [6.45, 7) is 24.7. The van der Waals surface area contributed by atoms with E-state index < -0.39 is 22.9 Å². The van der Waals surface area contributed by atoms with Gasteiger partial charge >= 0.3 is 5.69 Å². The van der Waals surface area contributed by atoms with E-state index in [0.717, 1.165) is 5.56 Å². The highest BCUT2D eigenvalue weighted by Crippen LogP contribution is 2.42. The topological polar surface area (TPSA) is 93.3 Å². The van der Waals surface area contributed by atoms with E-state index in [-0.39, 0.29) is 28.0 Å². The van der Waals surface area contributed by atoms with Gasteiger partial charge in [0.05, 0.1) is 12.7 Å². The molecule has 3 atom stereocenters. The molecule has 3 heterocycles. The summed E-state index contributed by atoms with van der Waals surface area (Å²) in [5, 5.41) is 4.26. The van der Waals surface area contributed by atoms with Crippen LogP contribution in [0.4, 0.5) is 0 Å². The van der Waals surface area contributed by atoms with Crippen LogP contribution < -0.4 is 5.69 Å². The molecule has 1 saturated heterocycles. The first kappa shape index (κ1) is 27.9. The van der Waals surface area contributed by atoms with E-state index in [1.165, 1.54) is 17.3 Å². The molecule has 0 aliphatic carbocycles. The molecule has 0 N–H and O–H groups in total. The molecule has 0 aromatic carbocycles. The zero-order chi connectivity index (χ0) is 26.4. The molecule has 0 unspecified atom stereocenters. The molecule has 9 nitrogen and oxygen atoms in total. The second kappa shape index (κ2) is 9.66. The van der Waals surface area contributed by atoms with Crippen LogP contribution in [0.15, 0.2) is 23.6 Å². The standard InChI is InChI=1S/C24H43N5O4Si2/c1-17-13-28(22(30)27-21(17)29-16-25-15-26-29)20-12-18(33-35(10,11)24(5,6)7)19(32-20)14-31-34(8,9)23(2,3)4/h13,15-16,18-20H,12,14H2,1-11H3/t18-,19+,20+/m0/s1. The minimum atomic E-state index is -2.07. The van der Waals surface area contributed by atoms with Crippen molar-refractivity contribution in [1.82, 2.24) is 24.3 Å². The third kappa shape index (κ3) is 6.01. The first-order valence-corrected chi connectivity index (χ1v) is 18.2. The average Bonchev–Trinajstić information content (AvgIpc) is 3.36. The Morgan fingerprint density at radius 1 is 1.09 bits per heavy atom. The van der Waals surface area contributed by atoms with E-state index in [1.54, 1.807) is 10.8 Å². The Hall–Kier alpha value is -1.67. The molecule has 11 heteroatoms. The lowest BCUT2D eigenvalue weighted by Crippen LogP contribution is -2.48. The molecule has 1 fully saturated rings. The molecule has 0 saturated carbocycles. The zero-order valence-corrected chi connectivity index (χ0v) is 25.2. The van der Waals surface area contributed by atoms with Crippen molar-refractivity contribution in [3.8, 4) is 5.82 Å². The third-order valence-corrected chi connectivity index (χ3v) is 16.9. The lowest BCUT2D eigenvalue weighted by molar-refractivity contribution is -0.0412. The van der Waals surface area contributed by atoms with Crippen molar-refractivity contribution in [1.29, 1.82) is 0 Å². The minimum Gasteiger partial charge on any atom is -0.414 e. The van der Waals surface area contributed by atoms with Crippen LogP contribution in [0, 0.1) is 6.92 Å². The summed E-state index contributed by atoms with van der Waals surface area (Å²) in [6, 6.07) is 0. The summed E-state index contributed by atoms with van der Waals surface area (Å²) in [4.78, 5) is 21.3. The van der Waals surface area contributed by atoms with Gasteiger partial charge in [0, 0.05) is 18.2 Å². The summed E-state index contributed by atoms with van der Waals surface area (Å²) in [7, 11) is -4.05. The van der Waals surface area contributed by atoms with Gasteiger partial charge in [0.1, 0.15) is 25.0 Å². The fourth-order valence-corrected chi connectivity index (χ4v) is 5.89. The van der Waals surface area contributed by atoms with E-state index in [9.17, 15) is 4.79 Å². The molecule has 0 amide bonds. The highest BCUT2D eigenvalue weighted by molar-refractivity contribution is 6.74. The van der Waals surface area contributed by atoms with E-state index >= 15 is 0 Å². The maximum absolute atomic E-state index is 13.0. The number of aryl methyl sites for hydroxylation is 1. The number of hydrogen-bond donors (Lipinski definition) is 0. The van der Waals surface area contributed by atoms with Crippen molar-refractivity contribution in [2.24, 2.45) is 0 Å². The zero-order valence-electron chi connectivity index (χ0n) is 23.2. The van der Waals surface area contributed by atoms with E-state index in [1.807, 2.05) is 6.92 Å². The number of aromatic nitrogens is 5. The lowest BCUT2D eigenvalue weighted by Gasteiger charge is -2.40. The van der Waals surface area contributed by atoms with Crippen LogP contribution >= 0.6 is 0 Å². The van der Waals surface area contributed by atoms with E-state index in [4.69, 9.17) is 13.6 Å². The maximum atomic E-state index is 13.0. The normalized spacial score (nSPS) is 22.1. The molecule has 35 heavy (non-hydrogen) atoms. The first-order chi connectivity index (χ1) is 15.9. The Morgan fingerprint density at radius 3 is 2.26 bits per heavy atom. The van der Waals surface area contributed by atoms with E-state index in [2.05, 4.69) is 82.8 Å². The summed E-state index contributed by atoms with van der Waals surface area (Å²) < 4.78 is 22.9. The van der Waals surface area contributed by atoms with Crippen LogP contribution in [-0.4, -0.2) is 59.8 Å². The molecule has 196 valence electrons. The van der Waals surface area contributed by atoms with Gasteiger partial charge in [0.2, 0.25) is 0 Å². The second-order valence-electron chi connectivity index (χ2n) is 12.6. The predicted molar refractivity (Wildman–Crippen MR) is 142 cm³/mol. The molecule has 3 rings (SSSR count). The smallest absolute Gasteiger partial charge is 0.351 e. The quantitative estimate of drug-likeness (QED) is 0.482. The van der Waals surface area contributed by atoms with Crippen LogP contribution in [0.3, 0.4) is 0 Å². The average molecular weight is 522 g/mol. The summed E-state index contributed by atoms with van der Waals surface area (Å²) in [6.07, 6.45) is 4.42. The molecular formula is C24H43N5O4Si2. The number of nitrogens with zero attached hydrogens (tertiary/aromatic N) is 5. The van der Waals surface area contributed by atoms with E-state index in [0.29, 0.717) is 18.8 Å². The van der Waals surface area contributed by atoms with Crippen molar-refractivity contribution in [2.75, 3.05) is 6.61 Å². The SMILES string of the molecule is Cc1cn([C@H]2C[C@H](O[Si](C)(C)C(C)(C)C)[C@@H](CO[Si](C)(C)C(C)(C)C)O2)c(=O)nc1-n1cncn1. The largest absolute Gasteiger partial charge is 0.414 e. The predicted octanol–water partition coefficient (Wildman–Crippen LogP) is 4.83. The van der Waals surface area contributed by atoms with Crippen molar-refractivity contribution in [3.05, 3.63) is 34.9 Å². The molecule has 1 aliphatic rings. The van der Waals surface area contributed by atoms with Gasteiger partial charge in [-0.2, -0.15) is 10.1 Å². The summed E-state index contributed by atoms with van der Waals surface area (Å²) >= 11 is 0. The van der Waals surface area contributed by atoms with Crippen molar-refractivity contribution in [2.45, 2.75) is 110 Å². The van der Waals surface area contributed by atoms with Crippen LogP contribution in [0.25, 0.3) is 5.82 Å². The molecule has 2 aromatic rings. The Kier molecular flexibility index (Phi) is 7.70. The highest BCUT2D eigenvalue weighted by Gasteiger charge is 2.46. The molecule has 0 bridgehead atoms. The number of rotatable bonds is 7. The van der Waals surface area contributed by atoms with Gasteiger partial charge in [0.25, 0.3) is 0 Å². The Balaban J connectivity index is 1.89. The molecule has 1 aliphatic heterocycles. The Bertz CT molecular complexity index is 1070. The molecule has 2 aromatic heterocycles. The van der Waals surface area contributed by atoms with Gasteiger partial charge in [-0.3, -0.25) is 4.57 Å². The Labute approximate surface area is 211 Å². The summed E-state index contributed by atoms with van der Waals surface area (Å²) in [5.74, 6) is 0.466. The van der Waals surface area contributed by atoms with Crippen LogP contribution in [0.2, 0.25) is 36.3 Å². The number of hydrogen-bond acceptors (Lipinski definition) is 7. The van der Waals surface area contributed by atoms with Crippen molar-refractivity contribution < 1.29 is 13.6 Å². The second-order valence-corrected chi connectivity index (χ2v) is 22.2. The molecule has 0 spiro atoms. The van der Waals surface area contributed by atoms with Gasteiger partial charge in [-0.15, -0.1) is 0 Å². The fourth-order valence-electron chi connectivity index (χ4n) is 3.52. The van der Waals surface area contributed by atoms with Gasteiger partial charge < -0.3 is 13.6 Å². The van der Waals surface area contributed by atoms with Crippen LogP contribution in [-0.2, 0) is 13.6 Å². The minimum absolute atomic E-state index is 0.0599. The molecule has 0 radical (unpaired) electrons. The van der Waals surface area contributed by atoms with Crippen LogP contribution in [0.5, 0.6) is 0 Å². The third-order valence-electron chi connectivity index (χ3n) is 7.90. The monoisotopic (exact) mass is 521 g/mol. The van der Waals surface area contributed by atoms with Crippen LogP contribution in [0.1, 0.15) is 59.8 Å². The molecular weight excluding hydrogens is 478 g/mol. The maximum Gasteiger partial charge on any atom is 0.351 e. The van der Waals surface area contributed by atoms with Crippen molar-refractivity contribution in [3.63, 3.8) is 0 Å². The van der Waals surface area contributed by atoms with Gasteiger partial charge in [0.15, 0.2) is 22.5 Å². The Morgan fingerprint density at radius 2 is 1.71 bits per heavy atom. The fraction of sp³-hybridized carbons (Fsp3) is 0.750.